The molecule has 130 valence electrons. The Labute approximate surface area is 140 Å². The summed E-state index contributed by atoms with van der Waals surface area (Å²) in [5.41, 5.74) is 0.946. The molecule has 1 rings (SSSR count). The van der Waals surface area contributed by atoms with Crippen LogP contribution in [0.3, 0.4) is 0 Å². The second-order valence-electron chi connectivity index (χ2n) is 4.82. The molecule has 0 bridgehead atoms. The Morgan fingerprint density at radius 3 is 2.08 bits per heavy atom. The van der Waals surface area contributed by atoms with Gasteiger partial charge < -0.3 is 19.5 Å². The molecule has 0 saturated heterocycles. The number of methoxy groups -OCH3 is 3. The van der Waals surface area contributed by atoms with Gasteiger partial charge >= 0.3 is 18.0 Å². The highest BCUT2D eigenvalue weighted by Crippen LogP contribution is 2.14. The van der Waals surface area contributed by atoms with Gasteiger partial charge in [-0.3, -0.25) is 9.59 Å². The number of alkyl carbamates (subject to hydrolysis) is 1. The van der Waals surface area contributed by atoms with Crippen LogP contribution in [0.15, 0.2) is 36.4 Å². The lowest BCUT2D eigenvalue weighted by Gasteiger charge is -2.22. The zero-order valence-electron chi connectivity index (χ0n) is 13.9. The van der Waals surface area contributed by atoms with E-state index in [0.717, 1.165) is 19.8 Å². The maximum Gasteiger partial charge on any atom is 0.407 e. The van der Waals surface area contributed by atoms with E-state index in [1.165, 1.54) is 7.11 Å². The third-order valence-corrected chi connectivity index (χ3v) is 3.30. The van der Waals surface area contributed by atoms with Crippen LogP contribution in [0.5, 0.6) is 0 Å². The number of amides is 1. The van der Waals surface area contributed by atoms with Crippen molar-refractivity contribution in [3.63, 3.8) is 0 Å². The third kappa shape index (κ3) is 5.75. The number of nitrogens with one attached hydrogen (secondary N) is 1. The van der Waals surface area contributed by atoms with E-state index in [1.807, 2.05) is 36.4 Å². The fourth-order valence-corrected chi connectivity index (χ4v) is 2.08. The second-order valence-corrected chi connectivity index (χ2v) is 4.82. The predicted molar refractivity (Wildman–Crippen MR) is 86.9 cm³/mol. The van der Waals surface area contributed by atoms with Crippen molar-refractivity contribution in [3.05, 3.63) is 42.0 Å². The molecule has 0 aliphatic carbocycles. The first-order valence-corrected chi connectivity index (χ1v) is 7.25. The highest BCUT2D eigenvalue weighted by molar-refractivity contribution is 5.96. The predicted octanol–water partition coefficient (Wildman–Crippen LogP) is 1.78. The average Bonchev–Trinajstić information content (AvgIpc) is 2.61. The van der Waals surface area contributed by atoms with Crippen LogP contribution in [0.2, 0.25) is 0 Å². The van der Waals surface area contributed by atoms with Crippen molar-refractivity contribution < 1.29 is 28.6 Å². The normalized spacial score (nSPS) is 11.8. The van der Waals surface area contributed by atoms with Crippen molar-refractivity contribution in [3.8, 4) is 0 Å². The molecule has 1 atom stereocenters. The quantitative estimate of drug-likeness (QED) is 0.464. The van der Waals surface area contributed by atoms with Crippen molar-refractivity contribution >= 4 is 24.1 Å². The van der Waals surface area contributed by atoms with E-state index < -0.39 is 30.0 Å². The van der Waals surface area contributed by atoms with Crippen LogP contribution >= 0.6 is 0 Å². The number of rotatable bonds is 7. The summed E-state index contributed by atoms with van der Waals surface area (Å²) in [6, 6.07) is 8.60. The molecule has 7 heteroatoms. The minimum atomic E-state index is -1.29. The highest BCUT2D eigenvalue weighted by Gasteiger charge is 2.37. The molecular formula is C17H21NO6. The highest BCUT2D eigenvalue weighted by atomic mass is 16.5. The van der Waals surface area contributed by atoms with E-state index >= 15 is 0 Å². The van der Waals surface area contributed by atoms with E-state index in [9.17, 15) is 14.4 Å². The molecule has 0 unspecified atom stereocenters. The fourth-order valence-electron chi connectivity index (χ4n) is 2.08. The molecule has 0 aromatic heterocycles. The van der Waals surface area contributed by atoms with Gasteiger partial charge in [-0.15, -0.1) is 0 Å². The van der Waals surface area contributed by atoms with E-state index in [1.54, 1.807) is 6.08 Å². The molecule has 1 amide bonds. The van der Waals surface area contributed by atoms with E-state index in [4.69, 9.17) is 0 Å². The standard InChI is InChI=1S/C17H21NO6/c1-22-15(19)14(16(20)23-2)13(18-17(21)24-3)11-7-10-12-8-5-4-6-9-12/h4-10,13-14H,11H2,1-3H3,(H,18,21)/b10-7+/t13-/m0/s1. The Morgan fingerprint density at radius 1 is 1.00 bits per heavy atom. The SMILES string of the molecule is COC(=O)N[C@@H](C/C=C/c1ccccc1)C(C(=O)OC)C(=O)OC. The smallest absolute Gasteiger partial charge is 0.407 e. The van der Waals surface area contributed by atoms with Crippen molar-refractivity contribution in [2.24, 2.45) is 5.92 Å². The Kier molecular flexibility index (Phi) is 8.04. The topological polar surface area (TPSA) is 90.9 Å². The average molecular weight is 335 g/mol. The number of ether oxygens (including phenoxy) is 3. The summed E-state index contributed by atoms with van der Waals surface area (Å²) in [7, 11) is 3.51. The zero-order chi connectivity index (χ0) is 17.9. The van der Waals surface area contributed by atoms with Crippen LogP contribution in [-0.2, 0) is 23.8 Å². The number of benzene rings is 1. The van der Waals surface area contributed by atoms with Gasteiger partial charge in [-0.05, 0) is 12.0 Å². The summed E-state index contributed by atoms with van der Waals surface area (Å²) in [4.78, 5) is 35.4. The van der Waals surface area contributed by atoms with Crippen LogP contribution in [0.1, 0.15) is 12.0 Å². The third-order valence-electron chi connectivity index (χ3n) is 3.30. The molecule has 0 radical (unpaired) electrons. The Hall–Kier alpha value is -2.83. The zero-order valence-corrected chi connectivity index (χ0v) is 13.9. The molecule has 1 aromatic carbocycles. The molecule has 0 spiro atoms. The van der Waals surface area contributed by atoms with Crippen LogP contribution in [0.4, 0.5) is 4.79 Å². The van der Waals surface area contributed by atoms with Crippen LogP contribution in [-0.4, -0.2) is 45.4 Å². The lowest BCUT2D eigenvalue weighted by atomic mass is 9.96. The van der Waals surface area contributed by atoms with Gasteiger partial charge in [-0.25, -0.2) is 4.79 Å². The van der Waals surface area contributed by atoms with Crippen LogP contribution in [0.25, 0.3) is 6.08 Å². The minimum absolute atomic E-state index is 0.207. The Morgan fingerprint density at radius 2 is 1.58 bits per heavy atom. The summed E-state index contributed by atoms with van der Waals surface area (Å²) < 4.78 is 13.8. The van der Waals surface area contributed by atoms with Gasteiger partial charge in [-0.2, -0.15) is 0 Å². The van der Waals surface area contributed by atoms with Gasteiger partial charge in [0.1, 0.15) is 0 Å². The molecule has 0 heterocycles. The number of carbonyl (C=O) groups is 3. The summed E-state index contributed by atoms with van der Waals surface area (Å²) >= 11 is 0. The van der Waals surface area contributed by atoms with Gasteiger partial charge in [0.2, 0.25) is 0 Å². The van der Waals surface area contributed by atoms with Gasteiger partial charge in [0.25, 0.3) is 0 Å². The maximum absolute atomic E-state index is 11.9. The Balaban J connectivity index is 2.95. The molecule has 7 nitrogen and oxygen atoms in total. The fraction of sp³-hybridized carbons (Fsp3) is 0.353. The lowest BCUT2D eigenvalue weighted by Crippen LogP contribution is -2.47. The number of hydrogen-bond donors (Lipinski definition) is 1. The van der Waals surface area contributed by atoms with Gasteiger partial charge in [0, 0.05) is 0 Å². The van der Waals surface area contributed by atoms with E-state index in [2.05, 4.69) is 19.5 Å². The largest absolute Gasteiger partial charge is 0.468 e. The molecule has 0 fully saturated rings. The molecule has 0 aliphatic heterocycles. The first-order valence-electron chi connectivity index (χ1n) is 7.25. The van der Waals surface area contributed by atoms with Crippen molar-refractivity contribution in [1.29, 1.82) is 0 Å². The summed E-state index contributed by atoms with van der Waals surface area (Å²) in [6.07, 6.45) is 3.01. The maximum atomic E-state index is 11.9. The summed E-state index contributed by atoms with van der Waals surface area (Å²) in [5, 5.41) is 2.47. The second kappa shape index (κ2) is 10.0. The van der Waals surface area contributed by atoms with Crippen molar-refractivity contribution in [2.75, 3.05) is 21.3 Å². The van der Waals surface area contributed by atoms with Gasteiger partial charge in [-0.1, -0.05) is 42.5 Å². The molecular weight excluding hydrogens is 314 g/mol. The summed E-state index contributed by atoms with van der Waals surface area (Å²) in [6.45, 7) is 0. The Bertz CT molecular complexity index is 568. The van der Waals surface area contributed by atoms with Gasteiger partial charge in [0.15, 0.2) is 5.92 Å². The van der Waals surface area contributed by atoms with Crippen LogP contribution in [0, 0.1) is 5.92 Å². The number of carbonyl (C=O) groups excluding carboxylic acids is 3. The molecule has 0 saturated carbocycles. The summed E-state index contributed by atoms with van der Waals surface area (Å²) in [5.74, 6) is -2.88. The van der Waals surface area contributed by atoms with E-state index in [-0.39, 0.29) is 6.42 Å². The first kappa shape index (κ1) is 19.2. The lowest BCUT2D eigenvalue weighted by molar-refractivity contribution is -0.160. The first-order chi connectivity index (χ1) is 11.5. The number of hydrogen-bond acceptors (Lipinski definition) is 6. The molecule has 24 heavy (non-hydrogen) atoms. The van der Waals surface area contributed by atoms with Gasteiger partial charge in [0.05, 0.1) is 27.4 Å². The molecule has 1 N–H and O–H groups in total. The monoisotopic (exact) mass is 335 g/mol. The number of esters is 2. The van der Waals surface area contributed by atoms with Crippen LogP contribution < -0.4 is 5.32 Å². The molecule has 1 aromatic rings. The van der Waals surface area contributed by atoms with Crippen molar-refractivity contribution in [1.82, 2.24) is 5.32 Å². The molecule has 0 aliphatic rings. The van der Waals surface area contributed by atoms with E-state index in [0.29, 0.717) is 0 Å². The minimum Gasteiger partial charge on any atom is -0.468 e. The van der Waals surface area contributed by atoms with Crippen molar-refractivity contribution in [2.45, 2.75) is 12.5 Å².